The second-order valence-corrected chi connectivity index (χ2v) is 7.43. The van der Waals surface area contributed by atoms with Crippen molar-refractivity contribution in [2.45, 2.75) is 6.92 Å². The summed E-state index contributed by atoms with van der Waals surface area (Å²) >= 11 is 6.11. The zero-order chi connectivity index (χ0) is 22.5. The Hall–Kier alpha value is -3.90. The Morgan fingerprint density at radius 2 is 1.81 bits per heavy atom. The number of benzene rings is 3. The number of halogens is 1. The fourth-order valence-corrected chi connectivity index (χ4v) is 3.32. The number of ether oxygens (including phenoxy) is 2. The van der Waals surface area contributed by atoms with E-state index < -0.39 is 0 Å². The van der Waals surface area contributed by atoms with E-state index in [4.69, 9.17) is 21.1 Å². The highest BCUT2D eigenvalue weighted by molar-refractivity contribution is 6.32. The van der Waals surface area contributed by atoms with Gasteiger partial charge in [-0.15, -0.1) is 0 Å². The number of methoxy groups -OCH3 is 1. The molecule has 1 amide bonds. The number of carbonyl (C=O) groups excluding carboxylic acids is 1. The molecular formula is C25H20ClN3O3. The van der Waals surface area contributed by atoms with Gasteiger partial charge in [-0.1, -0.05) is 35.4 Å². The van der Waals surface area contributed by atoms with Crippen LogP contribution in [0, 0.1) is 6.92 Å². The number of nitrogens with zero attached hydrogens (tertiary/aromatic N) is 2. The molecule has 0 atom stereocenters. The molecule has 0 aliphatic heterocycles. The summed E-state index contributed by atoms with van der Waals surface area (Å²) in [6, 6.07) is 21.5. The summed E-state index contributed by atoms with van der Waals surface area (Å²) in [5.74, 6) is 1.84. The zero-order valence-electron chi connectivity index (χ0n) is 17.5. The van der Waals surface area contributed by atoms with Gasteiger partial charge in [0.15, 0.2) is 5.82 Å². The van der Waals surface area contributed by atoms with Crippen molar-refractivity contribution in [1.82, 2.24) is 9.97 Å². The van der Waals surface area contributed by atoms with Gasteiger partial charge in [-0.25, -0.2) is 4.98 Å². The zero-order valence-corrected chi connectivity index (χ0v) is 18.3. The maximum atomic E-state index is 12.5. The number of aromatic nitrogens is 2. The molecule has 0 aliphatic carbocycles. The first-order valence-electron chi connectivity index (χ1n) is 9.85. The van der Waals surface area contributed by atoms with Crippen LogP contribution in [0.3, 0.4) is 0 Å². The van der Waals surface area contributed by atoms with Gasteiger partial charge in [0.25, 0.3) is 5.91 Å². The van der Waals surface area contributed by atoms with Crippen LogP contribution in [0.5, 0.6) is 17.4 Å². The highest BCUT2D eigenvalue weighted by Crippen LogP contribution is 2.28. The van der Waals surface area contributed by atoms with Crippen LogP contribution in [0.4, 0.5) is 5.69 Å². The van der Waals surface area contributed by atoms with Crippen molar-refractivity contribution < 1.29 is 14.3 Å². The molecule has 0 saturated heterocycles. The normalized spacial score (nSPS) is 10.5. The van der Waals surface area contributed by atoms with Crippen molar-refractivity contribution in [1.29, 1.82) is 0 Å². The fraction of sp³-hybridized carbons (Fsp3) is 0.0800. The van der Waals surface area contributed by atoms with Crippen molar-refractivity contribution in [3.05, 3.63) is 95.1 Å². The van der Waals surface area contributed by atoms with Crippen molar-refractivity contribution >= 4 is 23.2 Å². The van der Waals surface area contributed by atoms with E-state index in [0.29, 0.717) is 39.5 Å². The smallest absolute Gasteiger partial charge is 0.255 e. The predicted molar refractivity (Wildman–Crippen MR) is 125 cm³/mol. The molecule has 1 heterocycles. The molecule has 4 aromatic rings. The molecule has 0 radical (unpaired) electrons. The second-order valence-electron chi connectivity index (χ2n) is 7.02. The fourth-order valence-electron chi connectivity index (χ4n) is 3.06. The molecule has 0 fully saturated rings. The molecule has 0 saturated carbocycles. The number of hydrogen-bond acceptors (Lipinski definition) is 5. The minimum absolute atomic E-state index is 0.262. The van der Waals surface area contributed by atoms with Gasteiger partial charge in [0.1, 0.15) is 11.5 Å². The maximum absolute atomic E-state index is 12.5. The Bertz CT molecular complexity index is 1260. The standard InChI is InChI=1S/C25H20ClN3O3/c1-16-4-3-5-18(14-16)24-27-13-12-23(29-24)32-20-9-6-17(7-10-20)25(30)28-19-8-11-22(31-2)21(26)15-19/h3-15H,1-2H3,(H,28,30). The minimum Gasteiger partial charge on any atom is -0.495 e. The van der Waals surface area contributed by atoms with E-state index in [2.05, 4.69) is 15.3 Å². The van der Waals surface area contributed by atoms with Crippen LogP contribution >= 0.6 is 11.6 Å². The average molecular weight is 446 g/mol. The van der Waals surface area contributed by atoms with Gasteiger partial charge in [-0.2, -0.15) is 4.98 Å². The van der Waals surface area contributed by atoms with E-state index >= 15 is 0 Å². The molecular weight excluding hydrogens is 426 g/mol. The largest absolute Gasteiger partial charge is 0.495 e. The summed E-state index contributed by atoms with van der Waals surface area (Å²) in [5, 5.41) is 3.23. The third kappa shape index (κ3) is 5.04. The van der Waals surface area contributed by atoms with Gasteiger partial charge in [-0.05, 0) is 55.5 Å². The van der Waals surface area contributed by atoms with E-state index in [1.165, 1.54) is 7.11 Å². The van der Waals surface area contributed by atoms with Gasteiger partial charge in [-0.3, -0.25) is 4.79 Å². The Balaban J connectivity index is 1.44. The molecule has 7 heteroatoms. The minimum atomic E-state index is -0.262. The van der Waals surface area contributed by atoms with Crippen molar-refractivity contribution in [3.8, 4) is 28.8 Å². The molecule has 6 nitrogen and oxygen atoms in total. The van der Waals surface area contributed by atoms with Gasteiger partial charge < -0.3 is 14.8 Å². The summed E-state index contributed by atoms with van der Waals surface area (Å²) < 4.78 is 11.0. The monoisotopic (exact) mass is 445 g/mol. The van der Waals surface area contributed by atoms with E-state index in [0.717, 1.165) is 11.1 Å². The number of amides is 1. The lowest BCUT2D eigenvalue weighted by atomic mass is 10.1. The number of carbonyl (C=O) groups is 1. The second kappa shape index (κ2) is 9.49. The van der Waals surface area contributed by atoms with Crippen LogP contribution in [0.2, 0.25) is 5.02 Å². The number of rotatable bonds is 6. The van der Waals surface area contributed by atoms with E-state index in [1.807, 2.05) is 31.2 Å². The first-order valence-corrected chi connectivity index (χ1v) is 10.2. The van der Waals surface area contributed by atoms with Crippen LogP contribution in [-0.4, -0.2) is 23.0 Å². The summed E-state index contributed by atoms with van der Waals surface area (Å²) in [7, 11) is 1.54. The highest BCUT2D eigenvalue weighted by Gasteiger charge is 2.10. The van der Waals surface area contributed by atoms with Crippen molar-refractivity contribution in [3.63, 3.8) is 0 Å². The number of aryl methyl sites for hydroxylation is 1. The summed E-state index contributed by atoms with van der Waals surface area (Å²) in [4.78, 5) is 21.3. The van der Waals surface area contributed by atoms with Gasteiger partial charge in [0.2, 0.25) is 5.88 Å². The topological polar surface area (TPSA) is 73.3 Å². The van der Waals surface area contributed by atoms with Gasteiger partial charge in [0.05, 0.1) is 12.1 Å². The van der Waals surface area contributed by atoms with E-state index in [9.17, 15) is 4.79 Å². The molecule has 32 heavy (non-hydrogen) atoms. The third-order valence-corrected chi connectivity index (χ3v) is 4.95. The van der Waals surface area contributed by atoms with Gasteiger partial charge >= 0.3 is 0 Å². The van der Waals surface area contributed by atoms with E-state index in [1.54, 1.807) is 54.7 Å². The first kappa shape index (κ1) is 21.3. The molecule has 0 aliphatic rings. The van der Waals surface area contributed by atoms with Crippen LogP contribution < -0.4 is 14.8 Å². The molecule has 4 rings (SSSR count). The molecule has 0 bridgehead atoms. The summed E-state index contributed by atoms with van der Waals surface area (Å²) in [6.45, 7) is 2.02. The lowest BCUT2D eigenvalue weighted by molar-refractivity contribution is 0.102. The molecule has 0 unspecified atom stereocenters. The maximum Gasteiger partial charge on any atom is 0.255 e. The first-order chi connectivity index (χ1) is 15.5. The molecule has 1 aromatic heterocycles. The Morgan fingerprint density at radius 1 is 1.00 bits per heavy atom. The number of nitrogens with one attached hydrogen (secondary N) is 1. The lowest BCUT2D eigenvalue weighted by Crippen LogP contribution is -2.11. The average Bonchev–Trinajstić information content (AvgIpc) is 2.80. The molecule has 3 aromatic carbocycles. The summed E-state index contributed by atoms with van der Waals surface area (Å²) in [6.07, 6.45) is 1.65. The van der Waals surface area contributed by atoms with Crippen LogP contribution in [0.15, 0.2) is 79.0 Å². The van der Waals surface area contributed by atoms with Gasteiger partial charge in [0, 0.05) is 29.1 Å². The van der Waals surface area contributed by atoms with Crippen molar-refractivity contribution in [2.75, 3.05) is 12.4 Å². The molecule has 0 spiro atoms. The third-order valence-electron chi connectivity index (χ3n) is 4.65. The quantitative estimate of drug-likeness (QED) is 0.385. The Morgan fingerprint density at radius 3 is 2.53 bits per heavy atom. The lowest BCUT2D eigenvalue weighted by Gasteiger charge is -2.09. The molecule has 1 N–H and O–H groups in total. The highest BCUT2D eigenvalue weighted by atomic mass is 35.5. The SMILES string of the molecule is COc1ccc(NC(=O)c2ccc(Oc3ccnc(-c4cccc(C)c4)n3)cc2)cc1Cl. The molecule has 160 valence electrons. The number of hydrogen-bond donors (Lipinski definition) is 1. The number of anilines is 1. The van der Waals surface area contributed by atoms with Crippen LogP contribution in [0.1, 0.15) is 15.9 Å². The van der Waals surface area contributed by atoms with Crippen molar-refractivity contribution in [2.24, 2.45) is 0 Å². The van der Waals surface area contributed by atoms with Crippen LogP contribution in [0.25, 0.3) is 11.4 Å². The summed E-state index contributed by atoms with van der Waals surface area (Å²) in [5.41, 5.74) is 3.10. The Kier molecular flexibility index (Phi) is 6.33. The Labute approximate surface area is 190 Å². The van der Waals surface area contributed by atoms with E-state index in [-0.39, 0.29) is 5.91 Å². The van der Waals surface area contributed by atoms with Crippen LogP contribution in [-0.2, 0) is 0 Å². The predicted octanol–water partition coefficient (Wildman–Crippen LogP) is 6.16.